The molecular formula is C9H9IN2O4. The number of ether oxygens (including phenoxy) is 1. The fourth-order valence-electron chi connectivity index (χ4n) is 1.00. The summed E-state index contributed by atoms with van der Waals surface area (Å²) in [4.78, 5) is 20.9. The molecule has 0 bridgehead atoms. The normalized spacial score (nSPS) is 9.62. The van der Waals surface area contributed by atoms with Crippen molar-refractivity contribution < 1.29 is 14.5 Å². The standard InChI is InChI=1S/C9H9IN2O4/c1-16-9(13)5-11-8-3-2-6(12(14)15)4-7(8)10/h2-4,11H,5H2,1H3. The largest absolute Gasteiger partial charge is 0.468 e. The predicted octanol–water partition coefficient (Wildman–Crippen LogP) is 1.78. The van der Waals surface area contributed by atoms with Crippen LogP contribution in [0.2, 0.25) is 0 Å². The maximum absolute atomic E-state index is 10.9. The van der Waals surface area contributed by atoms with Crippen molar-refractivity contribution in [1.29, 1.82) is 0 Å². The summed E-state index contributed by atoms with van der Waals surface area (Å²) in [5.74, 6) is -0.394. The molecule has 1 rings (SSSR count). The van der Waals surface area contributed by atoms with Gasteiger partial charge in [0.1, 0.15) is 6.54 Å². The Labute approximate surface area is 105 Å². The number of halogens is 1. The van der Waals surface area contributed by atoms with Gasteiger partial charge in [-0.1, -0.05) is 0 Å². The Hall–Kier alpha value is -1.38. The number of benzene rings is 1. The van der Waals surface area contributed by atoms with Gasteiger partial charge < -0.3 is 10.1 Å². The molecule has 7 heteroatoms. The second-order valence-corrected chi connectivity index (χ2v) is 4.01. The monoisotopic (exact) mass is 336 g/mol. The second kappa shape index (κ2) is 5.64. The zero-order valence-electron chi connectivity index (χ0n) is 8.40. The third kappa shape index (κ3) is 3.33. The van der Waals surface area contributed by atoms with Gasteiger partial charge in [0.25, 0.3) is 5.69 Å². The molecule has 0 unspecified atom stereocenters. The summed E-state index contributed by atoms with van der Waals surface area (Å²) in [7, 11) is 1.30. The van der Waals surface area contributed by atoms with Crippen LogP contribution < -0.4 is 5.32 Å². The highest BCUT2D eigenvalue weighted by molar-refractivity contribution is 14.1. The van der Waals surface area contributed by atoms with E-state index in [1.54, 1.807) is 6.07 Å². The lowest BCUT2D eigenvalue weighted by atomic mass is 10.3. The highest BCUT2D eigenvalue weighted by Crippen LogP contribution is 2.23. The van der Waals surface area contributed by atoms with Crippen LogP contribution in [0.3, 0.4) is 0 Å². The topological polar surface area (TPSA) is 81.5 Å². The lowest BCUT2D eigenvalue weighted by molar-refractivity contribution is -0.384. The highest BCUT2D eigenvalue weighted by Gasteiger charge is 2.09. The molecule has 0 saturated heterocycles. The molecule has 0 heterocycles. The third-order valence-corrected chi connectivity index (χ3v) is 2.71. The van der Waals surface area contributed by atoms with Gasteiger partial charge in [-0.15, -0.1) is 0 Å². The molecule has 16 heavy (non-hydrogen) atoms. The SMILES string of the molecule is COC(=O)CNc1ccc([N+](=O)[O-])cc1I. The van der Waals surface area contributed by atoms with Gasteiger partial charge in [0, 0.05) is 21.4 Å². The van der Waals surface area contributed by atoms with Crippen LogP contribution in [0.5, 0.6) is 0 Å². The maximum atomic E-state index is 10.9. The van der Waals surface area contributed by atoms with Crippen LogP contribution >= 0.6 is 22.6 Å². The molecule has 1 aromatic rings. The van der Waals surface area contributed by atoms with Crippen molar-refractivity contribution >= 4 is 39.9 Å². The lowest BCUT2D eigenvalue weighted by Gasteiger charge is -2.06. The Balaban J connectivity index is 2.75. The number of nitro benzene ring substituents is 1. The second-order valence-electron chi connectivity index (χ2n) is 2.85. The molecule has 0 fully saturated rings. The predicted molar refractivity (Wildman–Crippen MR) is 66.3 cm³/mol. The summed E-state index contributed by atoms with van der Waals surface area (Å²) in [5, 5.41) is 13.3. The number of hydrogen-bond donors (Lipinski definition) is 1. The van der Waals surface area contributed by atoms with Crippen LogP contribution in [0.1, 0.15) is 0 Å². The van der Waals surface area contributed by atoms with E-state index >= 15 is 0 Å². The summed E-state index contributed by atoms with van der Waals surface area (Å²) in [6.07, 6.45) is 0. The van der Waals surface area contributed by atoms with Crippen molar-refractivity contribution in [2.75, 3.05) is 19.0 Å². The minimum Gasteiger partial charge on any atom is -0.468 e. The van der Waals surface area contributed by atoms with E-state index in [9.17, 15) is 14.9 Å². The Kier molecular flexibility index (Phi) is 4.47. The van der Waals surface area contributed by atoms with Crippen molar-refractivity contribution in [3.05, 3.63) is 31.9 Å². The van der Waals surface area contributed by atoms with Gasteiger partial charge >= 0.3 is 5.97 Å². The summed E-state index contributed by atoms with van der Waals surface area (Å²) in [6.45, 7) is 0.0321. The number of methoxy groups -OCH3 is 1. The molecule has 0 aliphatic rings. The number of non-ortho nitro benzene ring substituents is 1. The number of nitro groups is 1. The lowest BCUT2D eigenvalue weighted by Crippen LogP contribution is -2.15. The minimum absolute atomic E-state index is 0.0213. The van der Waals surface area contributed by atoms with E-state index in [2.05, 4.69) is 10.1 Å². The van der Waals surface area contributed by atoms with Crippen molar-refractivity contribution in [3.8, 4) is 0 Å². The van der Waals surface area contributed by atoms with E-state index in [-0.39, 0.29) is 12.2 Å². The van der Waals surface area contributed by atoms with Gasteiger partial charge in [-0.25, -0.2) is 0 Å². The average Bonchev–Trinajstić information content (AvgIpc) is 2.26. The van der Waals surface area contributed by atoms with E-state index in [0.717, 1.165) is 0 Å². The summed E-state index contributed by atoms with van der Waals surface area (Å²) >= 11 is 1.96. The minimum atomic E-state index is -0.466. The van der Waals surface area contributed by atoms with Crippen molar-refractivity contribution in [1.82, 2.24) is 0 Å². The first-order valence-corrected chi connectivity index (χ1v) is 5.37. The van der Waals surface area contributed by atoms with E-state index < -0.39 is 10.9 Å². The quantitative estimate of drug-likeness (QED) is 0.392. The van der Waals surface area contributed by atoms with Gasteiger partial charge in [0.15, 0.2) is 0 Å². The molecule has 1 aromatic carbocycles. The molecule has 0 radical (unpaired) electrons. The number of rotatable bonds is 4. The number of carbonyl (C=O) groups is 1. The molecule has 86 valence electrons. The molecular weight excluding hydrogens is 327 g/mol. The third-order valence-electron chi connectivity index (χ3n) is 1.81. The zero-order chi connectivity index (χ0) is 12.1. The van der Waals surface area contributed by atoms with Gasteiger partial charge in [0.2, 0.25) is 0 Å². The van der Waals surface area contributed by atoms with E-state index in [1.807, 2.05) is 22.6 Å². The Morgan fingerprint density at radius 2 is 2.31 bits per heavy atom. The Morgan fingerprint density at radius 1 is 1.62 bits per heavy atom. The Morgan fingerprint density at radius 3 is 2.81 bits per heavy atom. The van der Waals surface area contributed by atoms with E-state index in [4.69, 9.17) is 0 Å². The van der Waals surface area contributed by atoms with Gasteiger partial charge in [0.05, 0.1) is 12.0 Å². The maximum Gasteiger partial charge on any atom is 0.325 e. The van der Waals surface area contributed by atoms with Crippen LogP contribution in [0.4, 0.5) is 11.4 Å². The van der Waals surface area contributed by atoms with Crippen LogP contribution in [-0.4, -0.2) is 24.5 Å². The van der Waals surface area contributed by atoms with Gasteiger partial charge in [-0.3, -0.25) is 14.9 Å². The van der Waals surface area contributed by atoms with Gasteiger partial charge in [-0.05, 0) is 28.7 Å². The molecule has 0 aliphatic heterocycles. The number of esters is 1. The number of nitrogens with one attached hydrogen (secondary N) is 1. The average molecular weight is 336 g/mol. The van der Waals surface area contributed by atoms with Crippen molar-refractivity contribution in [3.63, 3.8) is 0 Å². The number of nitrogens with zero attached hydrogens (tertiary/aromatic N) is 1. The van der Waals surface area contributed by atoms with Crippen molar-refractivity contribution in [2.24, 2.45) is 0 Å². The summed E-state index contributed by atoms with van der Waals surface area (Å²) in [5.41, 5.74) is 0.685. The van der Waals surface area contributed by atoms with Crippen LogP contribution in [0.25, 0.3) is 0 Å². The molecule has 6 nitrogen and oxygen atoms in total. The number of anilines is 1. The first-order valence-electron chi connectivity index (χ1n) is 4.29. The van der Waals surface area contributed by atoms with Crippen LogP contribution in [0, 0.1) is 13.7 Å². The number of carbonyl (C=O) groups excluding carboxylic acids is 1. The highest BCUT2D eigenvalue weighted by atomic mass is 127. The fourth-order valence-corrected chi connectivity index (χ4v) is 1.69. The summed E-state index contributed by atoms with van der Waals surface area (Å²) in [6, 6.07) is 4.37. The van der Waals surface area contributed by atoms with Crippen LogP contribution in [0.15, 0.2) is 18.2 Å². The first kappa shape index (κ1) is 12.7. The van der Waals surface area contributed by atoms with E-state index in [0.29, 0.717) is 9.26 Å². The van der Waals surface area contributed by atoms with Crippen LogP contribution in [-0.2, 0) is 9.53 Å². The van der Waals surface area contributed by atoms with E-state index in [1.165, 1.54) is 19.2 Å². The smallest absolute Gasteiger partial charge is 0.325 e. The molecule has 0 spiro atoms. The first-order chi connectivity index (χ1) is 7.54. The molecule has 0 amide bonds. The molecule has 0 atom stereocenters. The van der Waals surface area contributed by atoms with Crippen molar-refractivity contribution in [2.45, 2.75) is 0 Å². The zero-order valence-corrected chi connectivity index (χ0v) is 10.6. The molecule has 0 saturated carbocycles. The molecule has 0 aliphatic carbocycles. The number of hydrogen-bond acceptors (Lipinski definition) is 5. The van der Waals surface area contributed by atoms with Gasteiger partial charge in [-0.2, -0.15) is 0 Å². The Bertz CT molecular complexity index is 422. The fraction of sp³-hybridized carbons (Fsp3) is 0.222. The molecule has 0 aromatic heterocycles. The summed E-state index contributed by atoms with van der Waals surface area (Å²) < 4.78 is 5.14. The molecule has 1 N–H and O–H groups in total.